The minimum atomic E-state index is 0.504. The van der Waals surface area contributed by atoms with Gasteiger partial charge in [-0.1, -0.05) is 20.3 Å². The Labute approximate surface area is 82.0 Å². The molecular formula is C11H23NO. The molecule has 2 heteroatoms. The van der Waals surface area contributed by atoms with E-state index in [2.05, 4.69) is 26.2 Å². The second-order valence-corrected chi connectivity index (χ2v) is 3.95. The van der Waals surface area contributed by atoms with E-state index in [9.17, 15) is 0 Å². The lowest BCUT2D eigenvalue weighted by atomic mass is 9.89. The molecule has 0 aromatic rings. The van der Waals surface area contributed by atoms with E-state index in [0.717, 1.165) is 18.9 Å². The van der Waals surface area contributed by atoms with Crippen LogP contribution in [0.2, 0.25) is 0 Å². The fourth-order valence-electron chi connectivity index (χ4n) is 2.43. The summed E-state index contributed by atoms with van der Waals surface area (Å²) in [6.45, 7) is 5.44. The third-order valence-electron chi connectivity index (χ3n) is 3.15. The summed E-state index contributed by atoms with van der Waals surface area (Å²) in [6.07, 6.45) is 5.44. The van der Waals surface area contributed by atoms with Crippen LogP contribution in [0.25, 0.3) is 0 Å². The molecule has 1 heterocycles. The van der Waals surface area contributed by atoms with E-state index in [1.165, 1.54) is 19.3 Å². The highest BCUT2D eigenvalue weighted by Gasteiger charge is 2.31. The van der Waals surface area contributed by atoms with Crippen molar-refractivity contribution < 1.29 is 4.74 Å². The van der Waals surface area contributed by atoms with Gasteiger partial charge in [-0.25, -0.2) is 0 Å². The summed E-state index contributed by atoms with van der Waals surface area (Å²) in [5, 5.41) is 3.43. The molecule has 78 valence electrons. The van der Waals surface area contributed by atoms with Gasteiger partial charge >= 0.3 is 0 Å². The van der Waals surface area contributed by atoms with Crippen molar-refractivity contribution in [1.29, 1.82) is 0 Å². The van der Waals surface area contributed by atoms with Gasteiger partial charge in [-0.15, -0.1) is 0 Å². The number of rotatable bonds is 5. The van der Waals surface area contributed by atoms with Crippen molar-refractivity contribution in [3.63, 3.8) is 0 Å². The minimum Gasteiger partial charge on any atom is -0.378 e. The molecule has 3 unspecified atom stereocenters. The molecule has 0 aromatic carbocycles. The fraction of sp³-hybridized carbons (Fsp3) is 1.00. The second-order valence-electron chi connectivity index (χ2n) is 3.95. The zero-order valence-corrected chi connectivity index (χ0v) is 9.18. The maximum atomic E-state index is 5.70. The zero-order chi connectivity index (χ0) is 9.68. The molecule has 3 atom stereocenters. The van der Waals surface area contributed by atoms with E-state index in [0.29, 0.717) is 12.1 Å². The quantitative estimate of drug-likeness (QED) is 0.709. The number of hydrogen-bond donors (Lipinski definition) is 1. The molecule has 13 heavy (non-hydrogen) atoms. The highest BCUT2D eigenvalue weighted by molar-refractivity contribution is 4.84. The molecule has 1 aliphatic rings. The summed E-state index contributed by atoms with van der Waals surface area (Å²) < 4.78 is 5.70. The van der Waals surface area contributed by atoms with Crippen LogP contribution in [-0.4, -0.2) is 25.8 Å². The minimum absolute atomic E-state index is 0.504. The summed E-state index contributed by atoms with van der Waals surface area (Å²) in [5.41, 5.74) is 0. The predicted octanol–water partition coefficient (Wildman–Crippen LogP) is 2.19. The van der Waals surface area contributed by atoms with Gasteiger partial charge in [-0.3, -0.25) is 0 Å². The molecule has 0 amide bonds. The van der Waals surface area contributed by atoms with Crippen molar-refractivity contribution in [2.24, 2.45) is 5.92 Å². The number of nitrogens with one attached hydrogen (secondary N) is 1. The Hall–Kier alpha value is -0.0800. The van der Waals surface area contributed by atoms with Crippen molar-refractivity contribution in [1.82, 2.24) is 5.32 Å². The highest BCUT2D eigenvalue weighted by Crippen LogP contribution is 2.28. The fourth-order valence-corrected chi connectivity index (χ4v) is 2.43. The number of hydrogen-bond acceptors (Lipinski definition) is 2. The van der Waals surface area contributed by atoms with Gasteiger partial charge in [0.15, 0.2) is 0 Å². The van der Waals surface area contributed by atoms with Crippen molar-refractivity contribution >= 4 is 0 Å². The third kappa shape index (κ3) is 2.68. The molecule has 1 N–H and O–H groups in total. The Balaban J connectivity index is 2.46. The maximum Gasteiger partial charge on any atom is 0.0616 e. The molecule has 0 aliphatic carbocycles. The summed E-state index contributed by atoms with van der Waals surface area (Å²) in [7, 11) is 2.07. The third-order valence-corrected chi connectivity index (χ3v) is 3.15. The molecule has 0 aromatic heterocycles. The average molecular weight is 185 g/mol. The molecule has 0 radical (unpaired) electrons. The molecule has 0 bridgehead atoms. The van der Waals surface area contributed by atoms with Gasteiger partial charge in [-0.2, -0.15) is 0 Å². The van der Waals surface area contributed by atoms with Gasteiger partial charge in [-0.05, 0) is 26.3 Å². The van der Waals surface area contributed by atoms with Crippen molar-refractivity contribution in [3.8, 4) is 0 Å². The van der Waals surface area contributed by atoms with Crippen LogP contribution in [0.1, 0.15) is 39.5 Å². The highest BCUT2D eigenvalue weighted by atomic mass is 16.5. The Morgan fingerprint density at radius 3 is 2.77 bits per heavy atom. The van der Waals surface area contributed by atoms with Crippen LogP contribution in [-0.2, 0) is 4.74 Å². The number of ether oxygens (including phenoxy) is 1. The smallest absolute Gasteiger partial charge is 0.0616 e. The van der Waals surface area contributed by atoms with Gasteiger partial charge < -0.3 is 10.1 Å². The first-order valence-corrected chi connectivity index (χ1v) is 5.62. The van der Waals surface area contributed by atoms with Crippen molar-refractivity contribution in [3.05, 3.63) is 0 Å². The first-order chi connectivity index (χ1) is 6.33. The second kappa shape index (κ2) is 5.61. The summed E-state index contributed by atoms with van der Waals surface area (Å²) in [6, 6.07) is 0.664. The van der Waals surface area contributed by atoms with Gasteiger partial charge in [0.2, 0.25) is 0 Å². The summed E-state index contributed by atoms with van der Waals surface area (Å²) >= 11 is 0. The molecule has 2 nitrogen and oxygen atoms in total. The van der Waals surface area contributed by atoms with Crippen LogP contribution in [0.15, 0.2) is 0 Å². The van der Waals surface area contributed by atoms with Crippen LogP contribution >= 0.6 is 0 Å². The molecular weight excluding hydrogens is 162 g/mol. The molecule has 1 rings (SSSR count). The first kappa shape index (κ1) is 11.0. The topological polar surface area (TPSA) is 21.3 Å². The van der Waals surface area contributed by atoms with Gasteiger partial charge in [0.1, 0.15) is 0 Å². The van der Waals surface area contributed by atoms with Gasteiger partial charge in [0.25, 0.3) is 0 Å². The average Bonchev–Trinajstić information content (AvgIpc) is 2.61. The van der Waals surface area contributed by atoms with E-state index < -0.39 is 0 Å². The predicted molar refractivity (Wildman–Crippen MR) is 55.9 cm³/mol. The largest absolute Gasteiger partial charge is 0.378 e. The van der Waals surface area contributed by atoms with Crippen LogP contribution in [0.5, 0.6) is 0 Å². The standard InChI is InChI=1S/C11H23NO/c1-4-6-10(12-3)9-7-8-13-11(9)5-2/h9-12H,4-8H2,1-3H3. The van der Waals surface area contributed by atoms with Gasteiger partial charge in [0, 0.05) is 18.6 Å². The van der Waals surface area contributed by atoms with E-state index in [1.54, 1.807) is 0 Å². The lowest BCUT2D eigenvalue weighted by molar-refractivity contribution is 0.0772. The Morgan fingerprint density at radius 1 is 1.46 bits per heavy atom. The van der Waals surface area contributed by atoms with Crippen LogP contribution < -0.4 is 5.32 Å². The van der Waals surface area contributed by atoms with Crippen molar-refractivity contribution in [2.45, 2.75) is 51.7 Å². The van der Waals surface area contributed by atoms with Crippen molar-refractivity contribution in [2.75, 3.05) is 13.7 Å². The Kier molecular flexibility index (Phi) is 4.74. The van der Waals surface area contributed by atoms with Crippen LogP contribution in [0.3, 0.4) is 0 Å². The summed E-state index contributed by atoms with van der Waals surface area (Å²) in [5.74, 6) is 0.745. The van der Waals surface area contributed by atoms with E-state index >= 15 is 0 Å². The SMILES string of the molecule is CCCC(NC)C1CCOC1CC. The van der Waals surface area contributed by atoms with E-state index in [1.807, 2.05) is 0 Å². The first-order valence-electron chi connectivity index (χ1n) is 5.62. The zero-order valence-electron chi connectivity index (χ0n) is 9.18. The lowest BCUT2D eigenvalue weighted by Crippen LogP contribution is -2.37. The van der Waals surface area contributed by atoms with Gasteiger partial charge in [0.05, 0.1) is 6.10 Å². The maximum absolute atomic E-state index is 5.70. The Morgan fingerprint density at radius 2 is 2.23 bits per heavy atom. The van der Waals surface area contributed by atoms with E-state index in [4.69, 9.17) is 4.74 Å². The lowest BCUT2D eigenvalue weighted by Gasteiger charge is -2.26. The van der Waals surface area contributed by atoms with Crippen LogP contribution in [0, 0.1) is 5.92 Å². The normalized spacial score (nSPS) is 30.7. The molecule has 1 saturated heterocycles. The molecule has 1 aliphatic heterocycles. The monoisotopic (exact) mass is 185 g/mol. The van der Waals surface area contributed by atoms with Crippen LogP contribution in [0.4, 0.5) is 0 Å². The van der Waals surface area contributed by atoms with E-state index in [-0.39, 0.29) is 0 Å². The Bertz CT molecular complexity index is 138. The summed E-state index contributed by atoms with van der Waals surface area (Å²) in [4.78, 5) is 0. The molecule has 1 fully saturated rings. The molecule has 0 spiro atoms. The molecule has 0 saturated carbocycles.